The predicted molar refractivity (Wildman–Crippen MR) is 105 cm³/mol. The van der Waals surface area contributed by atoms with Crippen molar-refractivity contribution in [2.45, 2.75) is 87.6 Å². The number of primary amides is 1. The van der Waals surface area contributed by atoms with Crippen LogP contribution in [-0.4, -0.2) is 35.8 Å². The van der Waals surface area contributed by atoms with Gasteiger partial charge in [0.25, 0.3) is 10.0 Å². The van der Waals surface area contributed by atoms with Crippen molar-refractivity contribution < 1.29 is 13.2 Å². The Labute approximate surface area is 161 Å². The Kier molecular flexibility index (Phi) is 6.57. The van der Waals surface area contributed by atoms with Crippen molar-refractivity contribution in [3.05, 3.63) is 18.5 Å². The Morgan fingerprint density at radius 2 is 1.63 bits per heavy atom. The maximum atomic E-state index is 13.3. The van der Waals surface area contributed by atoms with Crippen LogP contribution < -0.4 is 11.1 Å². The summed E-state index contributed by atoms with van der Waals surface area (Å²) in [6.45, 7) is 0. The Bertz CT molecular complexity index is 739. The molecular formula is C19H30N4O3S. The molecule has 2 aliphatic carbocycles. The number of carbonyl (C=O) groups is 1. The number of rotatable bonds is 5. The van der Waals surface area contributed by atoms with Crippen molar-refractivity contribution in [1.29, 1.82) is 0 Å². The third-order valence-corrected chi connectivity index (χ3v) is 7.54. The molecule has 0 aromatic carbocycles. The number of sulfonamides is 1. The average molecular weight is 395 g/mol. The van der Waals surface area contributed by atoms with E-state index in [2.05, 4.69) is 10.3 Å². The predicted octanol–water partition coefficient (Wildman–Crippen LogP) is 3.62. The number of nitrogens with two attached hydrogens (primary N) is 1. The normalized spacial score (nSPS) is 20.0. The second-order valence-electron chi connectivity index (χ2n) is 7.64. The highest BCUT2D eigenvalue weighted by Crippen LogP contribution is 2.31. The number of nitrogens with zero attached hydrogens (tertiary/aromatic N) is 2. The Morgan fingerprint density at radius 3 is 2.26 bits per heavy atom. The number of hydrogen-bond donors (Lipinski definition) is 2. The number of nitrogens with one attached hydrogen (secondary N) is 1. The summed E-state index contributed by atoms with van der Waals surface area (Å²) < 4.78 is 27.6. The van der Waals surface area contributed by atoms with Crippen LogP contribution in [0.15, 0.2) is 23.4 Å². The van der Waals surface area contributed by atoms with E-state index in [1.54, 1.807) is 12.3 Å². The van der Waals surface area contributed by atoms with Gasteiger partial charge in [-0.2, -0.15) is 0 Å². The molecule has 2 amide bonds. The second-order valence-corrected chi connectivity index (χ2v) is 9.42. The fourth-order valence-corrected chi connectivity index (χ4v) is 5.92. The molecule has 1 heterocycles. The molecule has 27 heavy (non-hydrogen) atoms. The van der Waals surface area contributed by atoms with Gasteiger partial charge in [-0.3, -0.25) is 4.98 Å². The minimum atomic E-state index is -4.06. The summed E-state index contributed by atoms with van der Waals surface area (Å²) in [5.74, 6) is 0. The quantitative estimate of drug-likeness (QED) is 0.742. The molecule has 8 heteroatoms. The van der Waals surface area contributed by atoms with Crippen molar-refractivity contribution in [1.82, 2.24) is 9.29 Å². The van der Waals surface area contributed by atoms with Crippen LogP contribution >= 0.6 is 0 Å². The van der Waals surface area contributed by atoms with E-state index < -0.39 is 16.1 Å². The molecule has 0 spiro atoms. The molecule has 0 saturated heterocycles. The van der Waals surface area contributed by atoms with Gasteiger partial charge in [-0.05, 0) is 31.7 Å². The van der Waals surface area contributed by atoms with E-state index in [0.717, 1.165) is 49.3 Å². The number of urea groups is 1. The zero-order valence-corrected chi connectivity index (χ0v) is 16.6. The van der Waals surface area contributed by atoms with Crippen molar-refractivity contribution in [2.24, 2.45) is 5.73 Å². The summed E-state index contributed by atoms with van der Waals surface area (Å²) in [6, 6.07) is 0.636. The minimum Gasteiger partial charge on any atom is -0.381 e. The second kappa shape index (κ2) is 8.91. The Morgan fingerprint density at radius 1 is 1.04 bits per heavy atom. The van der Waals surface area contributed by atoms with Crippen molar-refractivity contribution in [3.8, 4) is 0 Å². The monoisotopic (exact) mass is 394 g/mol. The first-order valence-electron chi connectivity index (χ1n) is 10.0. The van der Waals surface area contributed by atoms with Crippen LogP contribution in [0.3, 0.4) is 0 Å². The number of hydrogen-bond acceptors (Lipinski definition) is 5. The van der Waals surface area contributed by atoms with Gasteiger partial charge in [0.2, 0.25) is 0 Å². The Hall–Kier alpha value is -1.83. The summed E-state index contributed by atoms with van der Waals surface area (Å²) >= 11 is 0. The van der Waals surface area contributed by atoms with Crippen molar-refractivity contribution >= 4 is 21.7 Å². The van der Waals surface area contributed by atoms with E-state index in [0.29, 0.717) is 18.5 Å². The van der Waals surface area contributed by atoms with Gasteiger partial charge in [0.05, 0.1) is 11.7 Å². The molecule has 3 N–H and O–H groups in total. The van der Waals surface area contributed by atoms with Crippen LogP contribution in [0.5, 0.6) is 0 Å². The molecule has 2 fully saturated rings. The molecule has 0 aliphatic heterocycles. The van der Waals surface area contributed by atoms with Crippen LogP contribution in [0.4, 0.5) is 10.5 Å². The molecule has 0 unspecified atom stereocenters. The number of carbonyl (C=O) groups excluding carboxylic acids is 1. The van der Waals surface area contributed by atoms with E-state index in [9.17, 15) is 13.2 Å². The highest BCUT2D eigenvalue weighted by molar-refractivity contribution is 7.89. The van der Waals surface area contributed by atoms with Gasteiger partial charge in [-0.15, -0.1) is 0 Å². The summed E-state index contributed by atoms with van der Waals surface area (Å²) in [5.41, 5.74) is 6.03. The maximum Gasteiger partial charge on any atom is 0.328 e. The molecule has 1 aromatic heterocycles. The van der Waals surface area contributed by atoms with E-state index >= 15 is 0 Å². The number of anilines is 1. The Balaban J connectivity index is 1.89. The zero-order valence-electron chi connectivity index (χ0n) is 15.8. The van der Waals surface area contributed by atoms with Crippen LogP contribution in [0, 0.1) is 0 Å². The van der Waals surface area contributed by atoms with Gasteiger partial charge in [-0.25, -0.2) is 17.5 Å². The van der Waals surface area contributed by atoms with Gasteiger partial charge >= 0.3 is 6.03 Å². The molecule has 2 saturated carbocycles. The highest BCUT2D eigenvalue weighted by Gasteiger charge is 2.37. The summed E-state index contributed by atoms with van der Waals surface area (Å²) in [4.78, 5) is 16.1. The lowest BCUT2D eigenvalue weighted by Gasteiger charge is -2.32. The molecule has 0 radical (unpaired) electrons. The first kappa shape index (κ1) is 19.9. The fraction of sp³-hybridized carbons (Fsp3) is 0.684. The lowest BCUT2D eigenvalue weighted by atomic mass is 9.96. The van der Waals surface area contributed by atoms with E-state index in [1.165, 1.54) is 19.0 Å². The minimum absolute atomic E-state index is 0.0404. The lowest BCUT2D eigenvalue weighted by molar-refractivity contribution is 0.208. The van der Waals surface area contributed by atoms with Crippen molar-refractivity contribution in [3.63, 3.8) is 0 Å². The summed E-state index contributed by atoms with van der Waals surface area (Å²) in [5, 5.41) is 3.39. The van der Waals surface area contributed by atoms with Crippen molar-refractivity contribution in [2.75, 3.05) is 5.32 Å². The third-order valence-electron chi connectivity index (χ3n) is 5.66. The van der Waals surface area contributed by atoms with Gasteiger partial charge < -0.3 is 11.1 Å². The summed E-state index contributed by atoms with van der Waals surface area (Å²) in [7, 11) is -4.06. The average Bonchev–Trinajstić information content (AvgIpc) is 2.91. The molecule has 1 aromatic rings. The highest BCUT2D eigenvalue weighted by atomic mass is 32.2. The smallest absolute Gasteiger partial charge is 0.328 e. The maximum absolute atomic E-state index is 13.3. The van der Waals surface area contributed by atoms with Gasteiger partial charge in [0.15, 0.2) is 0 Å². The number of aromatic nitrogens is 1. The summed E-state index contributed by atoms with van der Waals surface area (Å²) in [6.07, 6.45) is 13.9. The standard InChI is InChI=1S/C19H30N4O3S/c20-19(24)23(16-10-6-3-7-11-16)27(25,26)18-14-21-13-12-17(18)22-15-8-4-1-2-5-9-15/h12-16H,1-11H2,(H2,20,24)(H,21,22). The molecule has 7 nitrogen and oxygen atoms in total. The van der Waals surface area contributed by atoms with Gasteiger partial charge in [0.1, 0.15) is 4.90 Å². The van der Waals surface area contributed by atoms with E-state index in [-0.39, 0.29) is 17.0 Å². The topological polar surface area (TPSA) is 105 Å². The van der Waals surface area contributed by atoms with Crippen LogP contribution in [0.1, 0.15) is 70.6 Å². The molecule has 0 atom stereocenters. The fourth-order valence-electron chi connectivity index (χ4n) is 4.26. The molecular weight excluding hydrogens is 364 g/mol. The van der Waals surface area contributed by atoms with E-state index in [4.69, 9.17) is 5.73 Å². The van der Waals surface area contributed by atoms with Gasteiger partial charge in [0, 0.05) is 18.4 Å². The molecule has 2 aliphatic rings. The van der Waals surface area contributed by atoms with Gasteiger partial charge in [-0.1, -0.05) is 44.9 Å². The largest absolute Gasteiger partial charge is 0.381 e. The van der Waals surface area contributed by atoms with Crippen LogP contribution in [-0.2, 0) is 10.0 Å². The van der Waals surface area contributed by atoms with Crippen LogP contribution in [0.25, 0.3) is 0 Å². The third kappa shape index (κ3) is 4.72. The molecule has 150 valence electrons. The molecule has 3 rings (SSSR count). The number of amides is 2. The number of pyridine rings is 1. The zero-order chi connectivity index (χ0) is 19.3. The lowest BCUT2D eigenvalue weighted by Crippen LogP contribution is -2.48. The SMILES string of the molecule is NC(=O)N(C1CCCCC1)S(=O)(=O)c1cnccc1NC1CCCCCC1. The first-order chi connectivity index (χ1) is 13.0. The molecule has 0 bridgehead atoms. The van der Waals surface area contributed by atoms with E-state index in [1.807, 2.05) is 0 Å². The van der Waals surface area contributed by atoms with Crippen LogP contribution in [0.2, 0.25) is 0 Å². The first-order valence-corrected chi connectivity index (χ1v) is 11.5.